The van der Waals surface area contributed by atoms with Crippen molar-refractivity contribution >= 4 is 15.9 Å². The predicted molar refractivity (Wildman–Crippen MR) is 60.7 cm³/mol. The molecular weight excluding hydrogens is 244 g/mol. The summed E-state index contributed by atoms with van der Waals surface area (Å²) < 4.78 is 6.23. The molecule has 1 rings (SSSR count). The molecule has 0 unspecified atom stereocenters. The molecule has 1 aromatic carbocycles. The minimum Gasteiger partial charge on any atom is -0.496 e. The summed E-state index contributed by atoms with van der Waals surface area (Å²) in [6.07, 6.45) is 0. The second kappa shape index (κ2) is 3.91. The van der Waals surface area contributed by atoms with E-state index in [1.54, 1.807) is 21.0 Å². The maximum Gasteiger partial charge on any atom is 0.127 e. The van der Waals surface area contributed by atoms with Crippen LogP contribution >= 0.6 is 15.9 Å². The number of methoxy groups -OCH3 is 1. The van der Waals surface area contributed by atoms with E-state index >= 15 is 0 Å². The number of aliphatic hydroxyl groups is 1. The van der Waals surface area contributed by atoms with Crippen molar-refractivity contribution in [3.8, 4) is 5.75 Å². The highest BCUT2D eigenvalue weighted by atomic mass is 79.9. The van der Waals surface area contributed by atoms with Crippen molar-refractivity contribution in [1.29, 1.82) is 0 Å². The first-order valence-electron chi connectivity index (χ1n) is 4.43. The fraction of sp³-hybridized carbons (Fsp3) is 0.455. The lowest BCUT2D eigenvalue weighted by atomic mass is 9.95. The lowest BCUT2D eigenvalue weighted by molar-refractivity contribution is 0.0754. The number of halogens is 1. The Hall–Kier alpha value is -0.540. The van der Waals surface area contributed by atoms with Gasteiger partial charge in [-0.15, -0.1) is 0 Å². The highest BCUT2D eigenvalue weighted by Gasteiger charge is 2.22. The van der Waals surface area contributed by atoms with E-state index < -0.39 is 5.60 Å². The first kappa shape index (κ1) is 11.5. The molecule has 3 heteroatoms. The molecular formula is C11H15BrO2. The number of benzene rings is 1. The summed E-state index contributed by atoms with van der Waals surface area (Å²) in [6.45, 7) is 5.45. The van der Waals surface area contributed by atoms with Gasteiger partial charge in [0.1, 0.15) is 5.75 Å². The molecule has 0 fully saturated rings. The van der Waals surface area contributed by atoms with Crippen LogP contribution in [0, 0.1) is 6.92 Å². The first-order chi connectivity index (χ1) is 6.36. The van der Waals surface area contributed by atoms with Gasteiger partial charge in [0.15, 0.2) is 0 Å². The molecule has 78 valence electrons. The Bertz CT molecular complexity index is 340. The van der Waals surface area contributed by atoms with E-state index in [4.69, 9.17) is 4.74 Å². The number of aryl methyl sites for hydroxylation is 1. The smallest absolute Gasteiger partial charge is 0.127 e. The van der Waals surface area contributed by atoms with Crippen LogP contribution < -0.4 is 4.74 Å². The Morgan fingerprint density at radius 3 is 2.36 bits per heavy atom. The van der Waals surface area contributed by atoms with Crippen molar-refractivity contribution in [3.05, 3.63) is 27.7 Å². The van der Waals surface area contributed by atoms with Gasteiger partial charge in [0, 0.05) is 10.0 Å². The summed E-state index contributed by atoms with van der Waals surface area (Å²) >= 11 is 3.40. The van der Waals surface area contributed by atoms with Gasteiger partial charge in [-0.25, -0.2) is 0 Å². The van der Waals surface area contributed by atoms with Gasteiger partial charge in [0.25, 0.3) is 0 Å². The Kier molecular flexibility index (Phi) is 3.22. The zero-order valence-electron chi connectivity index (χ0n) is 8.89. The molecule has 0 saturated carbocycles. The summed E-state index contributed by atoms with van der Waals surface area (Å²) in [7, 11) is 1.62. The lowest BCUT2D eigenvalue weighted by Gasteiger charge is -2.22. The van der Waals surface area contributed by atoms with Crippen LogP contribution in [0.15, 0.2) is 16.6 Å². The largest absolute Gasteiger partial charge is 0.496 e. The van der Waals surface area contributed by atoms with Gasteiger partial charge >= 0.3 is 0 Å². The molecule has 0 heterocycles. The quantitative estimate of drug-likeness (QED) is 0.884. The summed E-state index contributed by atoms with van der Waals surface area (Å²) in [6, 6.07) is 3.85. The second-order valence-corrected chi connectivity index (χ2v) is 4.78. The van der Waals surface area contributed by atoms with Crippen LogP contribution in [0.4, 0.5) is 0 Å². The van der Waals surface area contributed by atoms with Crippen LogP contribution in [-0.4, -0.2) is 12.2 Å². The van der Waals surface area contributed by atoms with Crippen LogP contribution in [0.25, 0.3) is 0 Å². The summed E-state index contributed by atoms with van der Waals surface area (Å²) in [5.41, 5.74) is 0.922. The molecule has 0 aliphatic rings. The van der Waals surface area contributed by atoms with Gasteiger partial charge in [-0.05, 0) is 38.5 Å². The van der Waals surface area contributed by atoms with E-state index in [9.17, 15) is 5.11 Å². The third-order valence-corrected chi connectivity index (χ3v) is 2.56. The average molecular weight is 259 g/mol. The van der Waals surface area contributed by atoms with Gasteiger partial charge < -0.3 is 9.84 Å². The van der Waals surface area contributed by atoms with Gasteiger partial charge in [0.2, 0.25) is 0 Å². The Balaban J connectivity index is 3.40. The van der Waals surface area contributed by atoms with Crippen LogP contribution in [0.2, 0.25) is 0 Å². The third-order valence-electron chi connectivity index (χ3n) is 2.10. The van der Waals surface area contributed by atoms with Crippen molar-refractivity contribution in [2.45, 2.75) is 26.4 Å². The van der Waals surface area contributed by atoms with Crippen molar-refractivity contribution in [2.75, 3.05) is 7.11 Å². The molecule has 0 bridgehead atoms. The van der Waals surface area contributed by atoms with Gasteiger partial charge in [0.05, 0.1) is 12.7 Å². The van der Waals surface area contributed by atoms with Gasteiger partial charge in [-0.1, -0.05) is 15.9 Å². The van der Waals surface area contributed by atoms with E-state index in [0.29, 0.717) is 0 Å². The fourth-order valence-corrected chi connectivity index (χ4v) is 2.03. The average Bonchev–Trinajstić information content (AvgIpc) is 2.01. The minimum atomic E-state index is -0.889. The maximum absolute atomic E-state index is 9.95. The molecule has 2 nitrogen and oxygen atoms in total. The Labute approximate surface area is 93.0 Å². The monoisotopic (exact) mass is 258 g/mol. The number of rotatable bonds is 2. The Morgan fingerprint density at radius 1 is 1.36 bits per heavy atom. The standard InChI is InChI=1S/C11H15BrO2/c1-7-5-8(12)6-9(10(7)14-4)11(2,3)13/h5-6,13H,1-4H3. The molecule has 0 aliphatic heterocycles. The highest BCUT2D eigenvalue weighted by Crippen LogP contribution is 2.34. The summed E-state index contributed by atoms with van der Waals surface area (Å²) in [5.74, 6) is 0.751. The molecule has 0 amide bonds. The number of hydrogen-bond donors (Lipinski definition) is 1. The van der Waals surface area contributed by atoms with Crippen LogP contribution in [0.5, 0.6) is 5.75 Å². The third kappa shape index (κ3) is 2.28. The summed E-state index contributed by atoms with van der Waals surface area (Å²) in [4.78, 5) is 0. The minimum absolute atomic E-state index is 0.751. The zero-order chi connectivity index (χ0) is 10.9. The van der Waals surface area contributed by atoms with Gasteiger partial charge in [-0.3, -0.25) is 0 Å². The molecule has 0 atom stereocenters. The van der Waals surface area contributed by atoms with Gasteiger partial charge in [-0.2, -0.15) is 0 Å². The summed E-state index contributed by atoms with van der Waals surface area (Å²) in [5, 5.41) is 9.95. The topological polar surface area (TPSA) is 29.5 Å². The van der Waals surface area contributed by atoms with E-state index in [1.165, 1.54) is 0 Å². The lowest BCUT2D eigenvalue weighted by Crippen LogP contribution is -2.17. The molecule has 0 aromatic heterocycles. The van der Waals surface area contributed by atoms with E-state index in [-0.39, 0.29) is 0 Å². The Morgan fingerprint density at radius 2 is 1.93 bits per heavy atom. The zero-order valence-corrected chi connectivity index (χ0v) is 10.5. The number of hydrogen-bond acceptors (Lipinski definition) is 2. The maximum atomic E-state index is 9.95. The SMILES string of the molecule is COc1c(C)cc(Br)cc1C(C)(C)O. The van der Waals surface area contributed by atoms with Crippen molar-refractivity contribution in [1.82, 2.24) is 0 Å². The molecule has 0 radical (unpaired) electrons. The van der Waals surface area contributed by atoms with Crippen LogP contribution in [-0.2, 0) is 5.60 Å². The number of ether oxygens (including phenoxy) is 1. The molecule has 1 aromatic rings. The predicted octanol–water partition coefficient (Wildman–Crippen LogP) is 2.99. The highest BCUT2D eigenvalue weighted by molar-refractivity contribution is 9.10. The molecule has 0 saturated heterocycles. The molecule has 0 aliphatic carbocycles. The van der Waals surface area contributed by atoms with Crippen molar-refractivity contribution < 1.29 is 9.84 Å². The molecule has 0 spiro atoms. The molecule has 14 heavy (non-hydrogen) atoms. The van der Waals surface area contributed by atoms with E-state index in [0.717, 1.165) is 21.3 Å². The van der Waals surface area contributed by atoms with E-state index in [2.05, 4.69) is 15.9 Å². The molecule has 1 N–H and O–H groups in total. The normalized spacial score (nSPS) is 11.6. The van der Waals surface area contributed by atoms with Crippen LogP contribution in [0.3, 0.4) is 0 Å². The second-order valence-electron chi connectivity index (χ2n) is 3.86. The van der Waals surface area contributed by atoms with Crippen LogP contribution in [0.1, 0.15) is 25.0 Å². The van der Waals surface area contributed by atoms with Crippen molar-refractivity contribution in [3.63, 3.8) is 0 Å². The fourth-order valence-electron chi connectivity index (χ4n) is 1.46. The van der Waals surface area contributed by atoms with Crippen molar-refractivity contribution in [2.24, 2.45) is 0 Å². The first-order valence-corrected chi connectivity index (χ1v) is 5.22. The van der Waals surface area contributed by atoms with E-state index in [1.807, 2.05) is 19.1 Å².